The Bertz CT molecular complexity index is 347. The maximum atomic E-state index is 11.6. The van der Waals surface area contributed by atoms with Crippen molar-refractivity contribution in [3.8, 4) is 0 Å². The monoisotopic (exact) mass is 221 g/mol. The predicted molar refractivity (Wildman–Crippen MR) is 58.7 cm³/mol. The third-order valence-corrected chi connectivity index (χ3v) is 2.66. The fourth-order valence-corrected chi connectivity index (χ4v) is 1.76. The first kappa shape index (κ1) is 11.0. The zero-order chi connectivity index (χ0) is 11.4. The van der Waals surface area contributed by atoms with E-state index in [0.717, 1.165) is 25.9 Å². The Morgan fingerprint density at radius 1 is 1.25 bits per heavy atom. The summed E-state index contributed by atoms with van der Waals surface area (Å²) in [6, 6.07) is 8.88. The second-order valence-corrected chi connectivity index (χ2v) is 3.84. The van der Waals surface area contributed by atoms with Crippen molar-refractivity contribution in [2.75, 3.05) is 13.1 Å². The van der Waals surface area contributed by atoms with E-state index in [1.165, 1.54) is 0 Å². The first-order valence-corrected chi connectivity index (χ1v) is 5.46. The number of carbonyl (C=O) groups is 1. The smallest absolute Gasteiger partial charge is 0.412 e. The predicted octanol–water partition coefficient (Wildman–Crippen LogP) is 1.91. The van der Waals surface area contributed by atoms with Gasteiger partial charge >= 0.3 is 6.09 Å². The summed E-state index contributed by atoms with van der Waals surface area (Å²) in [5, 5.41) is 9.68. The minimum atomic E-state index is -1.17. The summed E-state index contributed by atoms with van der Waals surface area (Å²) in [6.07, 6.45) is 0.413. The van der Waals surface area contributed by atoms with Crippen LogP contribution in [0.15, 0.2) is 30.3 Å². The van der Waals surface area contributed by atoms with Gasteiger partial charge in [0.05, 0.1) is 0 Å². The minimum Gasteiger partial charge on any atom is -0.415 e. The number of amides is 1. The normalized spacial score (nSPS) is 17.2. The molecule has 1 heterocycles. The summed E-state index contributed by atoms with van der Waals surface area (Å²) < 4.78 is 4.96. The molecule has 0 bridgehead atoms. The van der Waals surface area contributed by atoms with E-state index in [4.69, 9.17) is 4.74 Å². The lowest BCUT2D eigenvalue weighted by Gasteiger charge is -2.18. The topological polar surface area (TPSA) is 49.8 Å². The van der Waals surface area contributed by atoms with Gasteiger partial charge in [-0.05, 0) is 12.8 Å². The Balaban J connectivity index is 1.92. The molecule has 2 rings (SSSR count). The molecule has 16 heavy (non-hydrogen) atoms. The van der Waals surface area contributed by atoms with E-state index in [0.29, 0.717) is 5.56 Å². The first-order valence-electron chi connectivity index (χ1n) is 5.46. The lowest BCUT2D eigenvalue weighted by Crippen LogP contribution is -2.29. The van der Waals surface area contributed by atoms with Crippen molar-refractivity contribution in [2.45, 2.75) is 19.1 Å². The first-order chi connectivity index (χ1) is 7.77. The summed E-state index contributed by atoms with van der Waals surface area (Å²) >= 11 is 0. The van der Waals surface area contributed by atoms with E-state index in [2.05, 4.69) is 0 Å². The highest BCUT2D eigenvalue weighted by molar-refractivity contribution is 5.68. The van der Waals surface area contributed by atoms with Crippen LogP contribution in [0, 0.1) is 0 Å². The molecule has 0 saturated carbocycles. The van der Waals surface area contributed by atoms with Crippen LogP contribution < -0.4 is 0 Å². The van der Waals surface area contributed by atoms with Gasteiger partial charge in [-0.25, -0.2) is 4.79 Å². The van der Waals surface area contributed by atoms with Crippen LogP contribution in [0.2, 0.25) is 0 Å². The SMILES string of the molecule is O=C(O[C@@H](O)c1ccccc1)N1CCCC1. The molecule has 1 aromatic carbocycles. The van der Waals surface area contributed by atoms with Gasteiger partial charge in [-0.3, -0.25) is 0 Å². The van der Waals surface area contributed by atoms with Crippen molar-refractivity contribution in [1.29, 1.82) is 0 Å². The van der Waals surface area contributed by atoms with E-state index in [-0.39, 0.29) is 0 Å². The molecule has 1 fully saturated rings. The lowest BCUT2D eigenvalue weighted by molar-refractivity contribution is -0.0652. The molecule has 1 amide bonds. The molecule has 4 heteroatoms. The number of ether oxygens (including phenoxy) is 1. The average molecular weight is 221 g/mol. The quantitative estimate of drug-likeness (QED) is 0.776. The number of aliphatic hydroxyl groups excluding tert-OH is 1. The maximum absolute atomic E-state index is 11.6. The highest BCUT2D eigenvalue weighted by atomic mass is 16.6. The highest BCUT2D eigenvalue weighted by Crippen LogP contribution is 2.17. The molecular formula is C12H15NO3. The summed E-state index contributed by atoms with van der Waals surface area (Å²) in [6.45, 7) is 1.45. The van der Waals surface area contributed by atoms with Crippen molar-refractivity contribution < 1.29 is 14.6 Å². The van der Waals surface area contributed by atoms with E-state index in [1.807, 2.05) is 6.07 Å². The number of benzene rings is 1. The van der Waals surface area contributed by atoms with E-state index >= 15 is 0 Å². The molecule has 1 saturated heterocycles. The zero-order valence-electron chi connectivity index (χ0n) is 9.00. The number of hydrogen-bond donors (Lipinski definition) is 1. The van der Waals surface area contributed by atoms with E-state index in [9.17, 15) is 9.90 Å². The van der Waals surface area contributed by atoms with Crippen LogP contribution in [0.1, 0.15) is 24.7 Å². The Kier molecular flexibility index (Phi) is 3.41. The molecule has 0 radical (unpaired) electrons. The van der Waals surface area contributed by atoms with Gasteiger partial charge in [-0.1, -0.05) is 30.3 Å². The van der Waals surface area contributed by atoms with Gasteiger partial charge in [0.2, 0.25) is 6.29 Å². The fourth-order valence-electron chi connectivity index (χ4n) is 1.76. The standard InChI is InChI=1S/C12H15NO3/c14-11(10-6-2-1-3-7-10)16-12(15)13-8-4-5-9-13/h1-3,6-7,11,14H,4-5,8-9H2/t11-/m1/s1. The summed E-state index contributed by atoms with van der Waals surface area (Å²) in [5.41, 5.74) is 0.593. The minimum absolute atomic E-state index is 0.436. The van der Waals surface area contributed by atoms with Crippen molar-refractivity contribution in [2.24, 2.45) is 0 Å². The molecule has 1 N–H and O–H groups in total. The molecule has 0 spiro atoms. The van der Waals surface area contributed by atoms with Gasteiger partial charge in [0, 0.05) is 18.7 Å². The molecule has 1 atom stereocenters. The Morgan fingerprint density at radius 2 is 1.88 bits per heavy atom. The second kappa shape index (κ2) is 4.99. The maximum Gasteiger partial charge on any atom is 0.412 e. The fraction of sp³-hybridized carbons (Fsp3) is 0.417. The Morgan fingerprint density at radius 3 is 2.50 bits per heavy atom. The second-order valence-electron chi connectivity index (χ2n) is 3.84. The zero-order valence-corrected chi connectivity index (χ0v) is 9.00. The molecule has 86 valence electrons. The average Bonchev–Trinajstić information content (AvgIpc) is 2.83. The molecule has 0 aromatic heterocycles. The molecule has 0 aliphatic carbocycles. The number of aliphatic hydroxyl groups is 1. The van der Waals surface area contributed by atoms with Crippen molar-refractivity contribution in [3.05, 3.63) is 35.9 Å². The van der Waals surface area contributed by atoms with Crippen LogP contribution in [-0.2, 0) is 4.74 Å². The number of carbonyl (C=O) groups excluding carboxylic acids is 1. The van der Waals surface area contributed by atoms with Crippen LogP contribution >= 0.6 is 0 Å². The van der Waals surface area contributed by atoms with Gasteiger partial charge in [-0.2, -0.15) is 0 Å². The lowest BCUT2D eigenvalue weighted by atomic mass is 10.2. The third kappa shape index (κ3) is 2.52. The van der Waals surface area contributed by atoms with Gasteiger partial charge in [0.1, 0.15) is 0 Å². The van der Waals surface area contributed by atoms with Gasteiger partial charge in [0.15, 0.2) is 0 Å². The molecule has 0 unspecified atom stereocenters. The Labute approximate surface area is 94.4 Å². The van der Waals surface area contributed by atoms with Gasteiger partial charge in [-0.15, -0.1) is 0 Å². The number of hydrogen-bond acceptors (Lipinski definition) is 3. The highest BCUT2D eigenvalue weighted by Gasteiger charge is 2.22. The molecule has 4 nitrogen and oxygen atoms in total. The van der Waals surface area contributed by atoms with Gasteiger partial charge in [0.25, 0.3) is 0 Å². The molecule has 1 aliphatic heterocycles. The van der Waals surface area contributed by atoms with Crippen LogP contribution in [0.25, 0.3) is 0 Å². The van der Waals surface area contributed by atoms with E-state index < -0.39 is 12.4 Å². The van der Waals surface area contributed by atoms with Crippen LogP contribution in [0.3, 0.4) is 0 Å². The number of likely N-dealkylation sites (tertiary alicyclic amines) is 1. The molecule has 1 aliphatic rings. The van der Waals surface area contributed by atoms with Crippen molar-refractivity contribution >= 4 is 6.09 Å². The van der Waals surface area contributed by atoms with Crippen molar-refractivity contribution in [1.82, 2.24) is 4.90 Å². The number of nitrogens with zero attached hydrogens (tertiary/aromatic N) is 1. The summed E-state index contributed by atoms with van der Waals surface area (Å²) in [5.74, 6) is 0. The van der Waals surface area contributed by atoms with E-state index in [1.54, 1.807) is 29.2 Å². The van der Waals surface area contributed by atoms with Crippen LogP contribution in [0.5, 0.6) is 0 Å². The third-order valence-electron chi connectivity index (χ3n) is 2.66. The number of rotatable bonds is 2. The largest absolute Gasteiger partial charge is 0.415 e. The van der Waals surface area contributed by atoms with Crippen LogP contribution in [0.4, 0.5) is 4.79 Å². The summed E-state index contributed by atoms with van der Waals surface area (Å²) in [4.78, 5) is 13.2. The molecule has 1 aromatic rings. The van der Waals surface area contributed by atoms with Gasteiger partial charge < -0.3 is 14.7 Å². The summed E-state index contributed by atoms with van der Waals surface area (Å²) in [7, 11) is 0. The van der Waals surface area contributed by atoms with Crippen molar-refractivity contribution in [3.63, 3.8) is 0 Å². The van der Waals surface area contributed by atoms with Crippen LogP contribution in [-0.4, -0.2) is 29.2 Å². The molecular weight excluding hydrogens is 206 g/mol. The Hall–Kier alpha value is -1.55.